The lowest BCUT2D eigenvalue weighted by atomic mass is 10.2. The van der Waals surface area contributed by atoms with Gasteiger partial charge in [0, 0.05) is 40.1 Å². The number of rotatable bonds is 0. The van der Waals surface area contributed by atoms with Gasteiger partial charge in [0.25, 0.3) is 11.1 Å². The van der Waals surface area contributed by atoms with Crippen LogP contribution in [0.3, 0.4) is 0 Å². The minimum absolute atomic E-state index is 0.289. The van der Waals surface area contributed by atoms with Gasteiger partial charge >= 0.3 is 11.4 Å². The maximum absolute atomic E-state index is 11.9. The molecule has 10 heteroatoms. The standard InChI is InChI=1S/C11H13N3O2.C10H11N3O2.3C2H6/c1-6-5-8-9(7(2)12-6)10(15)14(4)11(16)13(8)3;1-6-8-7(4-5-11-6)12(2)10(15)13(3)9(8)14;3*1-2/h5H,1-4H3;4-5H,1-3H3;3*1-2H3. The minimum atomic E-state index is -0.321. The fraction of sp³-hybridized carbons (Fsp3) is 0.481. The molecule has 0 fully saturated rings. The van der Waals surface area contributed by atoms with E-state index >= 15 is 0 Å². The Bertz CT molecular complexity index is 1590. The number of aromatic nitrogens is 6. The molecule has 0 aliphatic heterocycles. The van der Waals surface area contributed by atoms with Crippen LogP contribution in [-0.4, -0.2) is 28.2 Å². The Morgan fingerprint density at radius 2 is 1.00 bits per heavy atom. The molecule has 37 heavy (non-hydrogen) atoms. The monoisotopic (exact) mass is 514 g/mol. The molecule has 204 valence electrons. The lowest BCUT2D eigenvalue weighted by Crippen LogP contribution is -2.37. The van der Waals surface area contributed by atoms with Gasteiger partial charge in [-0.25, -0.2) is 9.59 Å². The van der Waals surface area contributed by atoms with Crippen molar-refractivity contribution in [3.8, 4) is 0 Å². The molecule has 10 nitrogen and oxygen atoms in total. The highest BCUT2D eigenvalue weighted by molar-refractivity contribution is 5.80. The van der Waals surface area contributed by atoms with Crippen LogP contribution in [-0.2, 0) is 28.2 Å². The number of fused-ring (bicyclic) bond motifs is 2. The molecule has 0 saturated carbocycles. The molecule has 0 unspecified atom stereocenters. The quantitative estimate of drug-likeness (QED) is 0.356. The van der Waals surface area contributed by atoms with Gasteiger partial charge in [-0.1, -0.05) is 41.5 Å². The highest BCUT2D eigenvalue weighted by Gasteiger charge is 2.12. The number of aryl methyl sites for hydroxylation is 5. The molecule has 4 rings (SSSR count). The van der Waals surface area contributed by atoms with Crippen molar-refractivity contribution in [3.63, 3.8) is 0 Å². The second kappa shape index (κ2) is 14.7. The van der Waals surface area contributed by atoms with Crippen LogP contribution in [0.1, 0.15) is 58.6 Å². The van der Waals surface area contributed by atoms with Gasteiger partial charge in [0.1, 0.15) is 0 Å². The molecule has 0 aromatic carbocycles. The van der Waals surface area contributed by atoms with E-state index in [0.717, 1.165) is 14.8 Å². The Balaban J connectivity index is 0.000000584. The number of nitrogens with zero attached hydrogens (tertiary/aromatic N) is 6. The summed E-state index contributed by atoms with van der Waals surface area (Å²) in [6, 6.07) is 3.43. The molecule has 0 spiro atoms. The van der Waals surface area contributed by atoms with E-state index in [0.29, 0.717) is 33.2 Å². The van der Waals surface area contributed by atoms with Crippen LogP contribution in [0, 0.1) is 20.8 Å². The Labute approximate surface area is 217 Å². The van der Waals surface area contributed by atoms with E-state index in [1.54, 1.807) is 46.3 Å². The molecular formula is C27H42N6O4. The van der Waals surface area contributed by atoms with E-state index < -0.39 is 0 Å². The van der Waals surface area contributed by atoms with E-state index in [1.807, 2.05) is 48.5 Å². The summed E-state index contributed by atoms with van der Waals surface area (Å²) in [5, 5.41) is 1.01. The smallest absolute Gasteiger partial charge is 0.296 e. The van der Waals surface area contributed by atoms with Gasteiger partial charge in [0.05, 0.1) is 33.2 Å². The topological polar surface area (TPSA) is 114 Å². The SMILES string of the molecule is CC.CC.CC.Cc1cc2c(c(C)n1)c(=O)n(C)c(=O)n2C.Cc1nccc2c1c(=O)n(C)c(=O)n2C. The lowest BCUT2D eigenvalue weighted by molar-refractivity contribution is 0.711. The molecule has 0 atom stereocenters. The van der Waals surface area contributed by atoms with Crippen molar-refractivity contribution >= 4 is 21.8 Å². The zero-order valence-electron chi connectivity index (χ0n) is 24.5. The highest BCUT2D eigenvalue weighted by Crippen LogP contribution is 2.12. The van der Waals surface area contributed by atoms with Gasteiger partial charge < -0.3 is 0 Å². The van der Waals surface area contributed by atoms with Crippen LogP contribution in [0.15, 0.2) is 37.5 Å². The van der Waals surface area contributed by atoms with Crippen LogP contribution in [0.5, 0.6) is 0 Å². The van der Waals surface area contributed by atoms with Crippen LogP contribution < -0.4 is 22.5 Å². The molecule has 4 aromatic heterocycles. The molecule has 0 aliphatic rings. The summed E-state index contributed by atoms with van der Waals surface area (Å²) in [6.45, 7) is 17.4. The van der Waals surface area contributed by atoms with Crippen molar-refractivity contribution in [2.75, 3.05) is 0 Å². The third-order valence-electron chi connectivity index (χ3n) is 5.33. The van der Waals surface area contributed by atoms with Crippen LogP contribution in [0.2, 0.25) is 0 Å². The van der Waals surface area contributed by atoms with Crippen molar-refractivity contribution in [1.82, 2.24) is 28.2 Å². The Hall–Kier alpha value is -3.82. The van der Waals surface area contributed by atoms with Gasteiger partial charge in [0.2, 0.25) is 0 Å². The van der Waals surface area contributed by atoms with E-state index in [4.69, 9.17) is 0 Å². The summed E-state index contributed by atoms with van der Waals surface area (Å²) < 4.78 is 5.12. The van der Waals surface area contributed by atoms with Crippen molar-refractivity contribution in [2.45, 2.75) is 62.3 Å². The molecule has 0 saturated heterocycles. The lowest BCUT2D eigenvalue weighted by Gasteiger charge is -2.09. The van der Waals surface area contributed by atoms with Crippen molar-refractivity contribution in [1.29, 1.82) is 0 Å². The number of pyridine rings is 2. The summed E-state index contributed by atoms with van der Waals surface area (Å²) in [7, 11) is 6.24. The first kappa shape index (κ1) is 33.2. The summed E-state index contributed by atoms with van der Waals surface area (Å²) in [5.74, 6) is 0. The van der Waals surface area contributed by atoms with Crippen molar-refractivity contribution in [3.05, 3.63) is 77.1 Å². The van der Waals surface area contributed by atoms with E-state index in [-0.39, 0.29) is 22.5 Å². The number of hydrogen-bond acceptors (Lipinski definition) is 6. The fourth-order valence-corrected chi connectivity index (χ4v) is 3.60. The summed E-state index contributed by atoms with van der Waals surface area (Å²) in [5.41, 5.74) is 2.14. The minimum Gasteiger partial charge on any atom is -0.296 e. The van der Waals surface area contributed by atoms with Crippen LogP contribution in [0.4, 0.5) is 0 Å². The zero-order chi connectivity index (χ0) is 29.2. The molecule has 0 bridgehead atoms. The molecule has 0 N–H and O–H groups in total. The van der Waals surface area contributed by atoms with Crippen molar-refractivity contribution in [2.24, 2.45) is 28.2 Å². The predicted octanol–water partition coefficient (Wildman–Crippen LogP) is 3.27. The summed E-state index contributed by atoms with van der Waals surface area (Å²) in [4.78, 5) is 55.4. The maximum Gasteiger partial charge on any atom is 0.330 e. The molecule has 4 heterocycles. The molecule has 0 amide bonds. The Kier molecular flexibility index (Phi) is 13.2. The van der Waals surface area contributed by atoms with Gasteiger partial charge in [0.15, 0.2) is 0 Å². The van der Waals surface area contributed by atoms with Crippen molar-refractivity contribution < 1.29 is 0 Å². The second-order valence-corrected chi connectivity index (χ2v) is 7.45. The zero-order valence-corrected chi connectivity index (χ0v) is 24.5. The average Bonchev–Trinajstić information content (AvgIpc) is 2.91. The van der Waals surface area contributed by atoms with Gasteiger partial charge in [-0.05, 0) is 32.9 Å². The van der Waals surface area contributed by atoms with Crippen LogP contribution >= 0.6 is 0 Å². The van der Waals surface area contributed by atoms with E-state index in [9.17, 15) is 19.2 Å². The molecule has 4 aromatic rings. The van der Waals surface area contributed by atoms with Crippen LogP contribution in [0.25, 0.3) is 21.8 Å². The average molecular weight is 515 g/mol. The molecule has 0 radical (unpaired) electrons. The summed E-state index contributed by atoms with van der Waals surface area (Å²) >= 11 is 0. The molecule has 0 aliphatic carbocycles. The third kappa shape index (κ3) is 6.69. The maximum atomic E-state index is 11.9. The Morgan fingerprint density at radius 3 is 1.46 bits per heavy atom. The normalized spacial score (nSPS) is 9.65. The fourth-order valence-electron chi connectivity index (χ4n) is 3.60. The number of hydrogen-bond donors (Lipinski definition) is 0. The molecular weight excluding hydrogens is 472 g/mol. The largest absolute Gasteiger partial charge is 0.330 e. The van der Waals surface area contributed by atoms with Gasteiger partial charge in [-0.3, -0.25) is 37.8 Å². The van der Waals surface area contributed by atoms with Gasteiger partial charge in [-0.2, -0.15) is 0 Å². The first-order chi connectivity index (χ1) is 17.5. The highest BCUT2D eigenvalue weighted by atomic mass is 16.2. The Morgan fingerprint density at radius 1 is 0.595 bits per heavy atom. The van der Waals surface area contributed by atoms with Gasteiger partial charge in [-0.15, -0.1) is 0 Å². The predicted molar refractivity (Wildman–Crippen MR) is 153 cm³/mol. The van der Waals surface area contributed by atoms with E-state index in [1.165, 1.54) is 23.2 Å². The van der Waals surface area contributed by atoms with E-state index in [2.05, 4.69) is 9.97 Å². The third-order valence-corrected chi connectivity index (χ3v) is 5.33. The second-order valence-electron chi connectivity index (χ2n) is 7.45. The first-order valence-corrected chi connectivity index (χ1v) is 12.5. The summed E-state index contributed by atoms with van der Waals surface area (Å²) in [6.07, 6.45) is 1.59. The first-order valence-electron chi connectivity index (χ1n) is 12.5.